The molecule has 0 saturated heterocycles. The number of para-hydroxylation sites is 1. The Kier molecular flexibility index (Phi) is 2.29. The minimum atomic E-state index is -0.187. The average molecular weight is 258 g/mol. The highest BCUT2D eigenvalue weighted by Crippen LogP contribution is 2.43. The standard InChI is InChI=1S/C14H18N4O/c1-8-17-11(13(15)18(8)16)10-6-4-5-9-7-14(2,3)19-12(9)10/h4-6H,7,15-16H2,1-3H3. The molecule has 0 fully saturated rings. The molecule has 0 bridgehead atoms. The molecular formula is C14H18N4O. The van der Waals surface area contributed by atoms with Gasteiger partial charge in [-0.1, -0.05) is 12.1 Å². The monoisotopic (exact) mass is 258 g/mol. The van der Waals surface area contributed by atoms with Crippen LogP contribution in [0.5, 0.6) is 5.75 Å². The minimum absolute atomic E-state index is 0.187. The quantitative estimate of drug-likeness (QED) is 0.765. The van der Waals surface area contributed by atoms with Crippen molar-refractivity contribution in [3.63, 3.8) is 0 Å². The smallest absolute Gasteiger partial charge is 0.150 e. The molecule has 0 saturated carbocycles. The van der Waals surface area contributed by atoms with Crippen molar-refractivity contribution in [2.45, 2.75) is 32.8 Å². The van der Waals surface area contributed by atoms with Crippen LogP contribution in [0.25, 0.3) is 11.3 Å². The molecule has 4 N–H and O–H groups in total. The molecule has 2 aromatic rings. The van der Waals surface area contributed by atoms with Gasteiger partial charge in [-0.2, -0.15) is 0 Å². The second-order valence-electron chi connectivity index (χ2n) is 5.60. The normalized spacial score (nSPS) is 16.2. The molecule has 0 aliphatic carbocycles. The number of nitrogen functional groups attached to an aromatic ring is 2. The molecule has 0 radical (unpaired) electrons. The topological polar surface area (TPSA) is 79.1 Å². The fraction of sp³-hybridized carbons (Fsp3) is 0.357. The van der Waals surface area contributed by atoms with Gasteiger partial charge in [0.15, 0.2) is 5.82 Å². The Labute approximate surface area is 112 Å². The van der Waals surface area contributed by atoms with Crippen LogP contribution < -0.4 is 16.3 Å². The number of hydrogen-bond acceptors (Lipinski definition) is 4. The van der Waals surface area contributed by atoms with E-state index >= 15 is 0 Å². The van der Waals surface area contributed by atoms with Gasteiger partial charge in [-0.3, -0.25) is 0 Å². The molecule has 1 aromatic carbocycles. The van der Waals surface area contributed by atoms with Gasteiger partial charge < -0.3 is 16.3 Å². The molecule has 0 unspecified atom stereocenters. The highest BCUT2D eigenvalue weighted by Gasteiger charge is 2.32. The van der Waals surface area contributed by atoms with Gasteiger partial charge in [0.25, 0.3) is 0 Å². The van der Waals surface area contributed by atoms with Gasteiger partial charge in [0.2, 0.25) is 0 Å². The fourth-order valence-electron chi connectivity index (χ4n) is 2.56. The highest BCUT2D eigenvalue weighted by molar-refractivity contribution is 5.78. The van der Waals surface area contributed by atoms with Gasteiger partial charge >= 0.3 is 0 Å². The molecular weight excluding hydrogens is 240 g/mol. The summed E-state index contributed by atoms with van der Waals surface area (Å²) in [5.41, 5.74) is 8.62. The van der Waals surface area contributed by atoms with Crippen molar-refractivity contribution in [2.24, 2.45) is 0 Å². The summed E-state index contributed by atoms with van der Waals surface area (Å²) in [4.78, 5) is 4.44. The van der Waals surface area contributed by atoms with Gasteiger partial charge in [-0.15, -0.1) is 0 Å². The first-order chi connectivity index (χ1) is 8.89. The van der Waals surface area contributed by atoms with Crippen LogP contribution in [0.2, 0.25) is 0 Å². The summed E-state index contributed by atoms with van der Waals surface area (Å²) in [7, 11) is 0. The molecule has 3 rings (SSSR count). The maximum absolute atomic E-state index is 6.04. The van der Waals surface area contributed by atoms with E-state index in [1.807, 2.05) is 19.1 Å². The van der Waals surface area contributed by atoms with E-state index in [9.17, 15) is 0 Å². The molecule has 0 atom stereocenters. The van der Waals surface area contributed by atoms with Gasteiger partial charge in [0.1, 0.15) is 22.9 Å². The van der Waals surface area contributed by atoms with E-state index in [4.69, 9.17) is 16.3 Å². The van der Waals surface area contributed by atoms with Crippen molar-refractivity contribution in [1.29, 1.82) is 0 Å². The van der Waals surface area contributed by atoms with E-state index in [1.54, 1.807) is 0 Å². The summed E-state index contributed by atoms with van der Waals surface area (Å²) < 4.78 is 7.44. The number of anilines is 1. The Balaban J connectivity index is 2.18. The van der Waals surface area contributed by atoms with Crippen molar-refractivity contribution >= 4 is 5.82 Å². The first-order valence-corrected chi connectivity index (χ1v) is 6.30. The van der Waals surface area contributed by atoms with Crippen LogP contribution in [0.1, 0.15) is 25.2 Å². The predicted octanol–water partition coefficient (Wildman–Crippen LogP) is 1.87. The maximum Gasteiger partial charge on any atom is 0.150 e. The van der Waals surface area contributed by atoms with Crippen molar-refractivity contribution in [1.82, 2.24) is 9.66 Å². The van der Waals surface area contributed by atoms with E-state index in [0.29, 0.717) is 17.3 Å². The van der Waals surface area contributed by atoms with E-state index in [2.05, 4.69) is 24.9 Å². The van der Waals surface area contributed by atoms with E-state index < -0.39 is 0 Å². The van der Waals surface area contributed by atoms with E-state index in [-0.39, 0.29) is 5.60 Å². The van der Waals surface area contributed by atoms with E-state index in [0.717, 1.165) is 17.7 Å². The summed E-state index contributed by atoms with van der Waals surface area (Å²) in [5.74, 6) is 7.84. The number of nitrogens with two attached hydrogens (primary N) is 2. The zero-order chi connectivity index (χ0) is 13.8. The van der Waals surface area contributed by atoms with E-state index in [1.165, 1.54) is 10.2 Å². The van der Waals surface area contributed by atoms with Gasteiger partial charge in [0.05, 0.1) is 0 Å². The summed E-state index contributed by atoms with van der Waals surface area (Å²) in [6, 6.07) is 6.05. The number of aromatic nitrogens is 2. The Morgan fingerprint density at radius 3 is 2.74 bits per heavy atom. The number of ether oxygens (including phenoxy) is 1. The molecule has 0 spiro atoms. The Bertz CT molecular complexity index is 658. The maximum atomic E-state index is 6.04. The molecule has 1 aromatic heterocycles. The van der Waals surface area contributed by atoms with Crippen LogP contribution in [0.3, 0.4) is 0 Å². The zero-order valence-corrected chi connectivity index (χ0v) is 11.4. The van der Waals surface area contributed by atoms with Gasteiger partial charge in [-0.25, -0.2) is 9.66 Å². The third-order valence-corrected chi connectivity index (χ3v) is 3.47. The lowest BCUT2D eigenvalue weighted by Crippen LogP contribution is -2.24. The lowest BCUT2D eigenvalue weighted by atomic mass is 10.00. The van der Waals surface area contributed by atoms with Crippen molar-refractivity contribution in [3.8, 4) is 17.0 Å². The third kappa shape index (κ3) is 1.73. The van der Waals surface area contributed by atoms with Crippen molar-refractivity contribution in [3.05, 3.63) is 29.6 Å². The predicted molar refractivity (Wildman–Crippen MR) is 75.4 cm³/mol. The Hall–Kier alpha value is -2.17. The molecule has 1 aliphatic rings. The van der Waals surface area contributed by atoms with Crippen molar-refractivity contribution < 1.29 is 4.74 Å². The number of imidazole rings is 1. The Morgan fingerprint density at radius 1 is 1.37 bits per heavy atom. The number of hydrogen-bond donors (Lipinski definition) is 2. The SMILES string of the molecule is Cc1nc(-c2cccc3c2OC(C)(C)C3)c(N)n1N. The summed E-state index contributed by atoms with van der Waals surface area (Å²) in [6.07, 6.45) is 0.887. The van der Waals surface area contributed by atoms with Crippen LogP contribution in [0, 0.1) is 6.92 Å². The zero-order valence-electron chi connectivity index (χ0n) is 11.4. The number of benzene rings is 1. The number of rotatable bonds is 1. The van der Waals surface area contributed by atoms with Crippen LogP contribution in [0.4, 0.5) is 5.82 Å². The molecule has 1 aliphatic heterocycles. The molecule has 100 valence electrons. The lowest BCUT2D eigenvalue weighted by Gasteiger charge is -2.18. The van der Waals surface area contributed by atoms with Gasteiger partial charge in [0, 0.05) is 12.0 Å². The van der Waals surface area contributed by atoms with Crippen LogP contribution in [-0.4, -0.2) is 15.3 Å². The third-order valence-electron chi connectivity index (χ3n) is 3.47. The van der Waals surface area contributed by atoms with Crippen LogP contribution in [0.15, 0.2) is 18.2 Å². The van der Waals surface area contributed by atoms with Crippen LogP contribution in [-0.2, 0) is 6.42 Å². The largest absolute Gasteiger partial charge is 0.487 e. The summed E-state index contributed by atoms with van der Waals surface area (Å²) in [5, 5.41) is 0. The molecule has 5 heteroatoms. The van der Waals surface area contributed by atoms with Crippen LogP contribution >= 0.6 is 0 Å². The molecule has 5 nitrogen and oxygen atoms in total. The molecule has 0 amide bonds. The Morgan fingerprint density at radius 2 is 2.11 bits per heavy atom. The second kappa shape index (κ2) is 3.66. The highest BCUT2D eigenvalue weighted by atomic mass is 16.5. The first-order valence-electron chi connectivity index (χ1n) is 6.30. The molecule has 19 heavy (non-hydrogen) atoms. The summed E-state index contributed by atoms with van der Waals surface area (Å²) >= 11 is 0. The number of nitrogens with zero attached hydrogens (tertiary/aromatic N) is 2. The summed E-state index contributed by atoms with van der Waals surface area (Å²) in [6.45, 7) is 5.98. The lowest BCUT2D eigenvalue weighted by molar-refractivity contribution is 0.139. The second-order valence-corrected chi connectivity index (χ2v) is 5.60. The first kappa shape index (κ1) is 11.9. The minimum Gasteiger partial charge on any atom is -0.487 e. The number of aryl methyl sites for hydroxylation is 1. The fourth-order valence-corrected chi connectivity index (χ4v) is 2.56. The van der Waals surface area contributed by atoms with Crippen molar-refractivity contribution in [2.75, 3.05) is 11.6 Å². The average Bonchev–Trinajstić information content (AvgIpc) is 2.78. The molecule has 2 heterocycles. The number of fused-ring (bicyclic) bond motifs is 1. The van der Waals surface area contributed by atoms with Gasteiger partial charge in [-0.05, 0) is 32.4 Å².